The molecule has 0 amide bonds. The summed E-state index contributed by atoms with van der Waals surface area (Å²) in [6.07, 6.45) is 5.08. The molecule has 3 aromatic rings. The van der Waals surface area contributed by atoms with Crippen LogP contribution < -0.4 is 5.32 Å². The molecular weight excluding hydrogens is 278 g/mol. The number of benzene rings is 1. The fraction of sp³-hybridized carbons (Fsp3) is 0.235. The summed E-state index contributed by atoms with van der Waals surface area (Å²) in [5, 5.41) is 12.4. The highest BCUT2D eigenvalue weighted by atomic mass is 32.1. The number of para-hydroxylation sites is 1. The molecular formula is C17H19N3S. The van der Waals surface area contributed by atoms with Crippen LogP contribution in [0.5, 0.6) is 0 Å². The number of nitrogens with zero attached hydrogens (tertiary/aromatic N) is 2. The van der Waals surface area contributed by atoms with Gasteiger partial charge in [0.25, 0.3) is 0 Å². The maximum absolute atomic E-state index is 4.50. The molecule has 2 heterocycles. The summed E-state index contributed by atoms with van der Waals surface area (Å²) >= 11 is 1.75. The van der Waals surface area contributed by atoms with Gasteiger partial charge in [0.2, 0.25) is 0 Å². The largest absolute Gasteiger partial charge is 0.310 e. The third kappa shape index (κ3) is 3.40. The van der Waals surface area contributed by atoms with Crippen LogP contribution in [0.4, 0.5) is 0 Å². The lowest BCUT2D eigenvalue weighted by molar-refractivity contribution is 0.550. The Morgan fingerprint density at radius 1 is 1.24 bits per heavy atom. The topological polar surface area (TPSA) is 29.9 Å². The highest BCUT2D eigenvalue weighted by molar-refractivity contribution is 7.07. The molecule has 0 aliphatic carbocycles. The van der Waals surface area contributed by atoms with Gasteiger partial charge in [0.05, 0.1) is 11.9 Å². The van der Waals surface area contributed by atoms with Gasteiger partial charge in [-0.15, -0.1) is 0 Å². The van der Waals surface area contributed by atoms with Crippen molar-refractivity contribution >= 4 is 11.3 Å². The molecule has 3 rings (SSSR count). The average molecular weight is 297 g/mol. The summed E-state index contributed by atoms with van der Waals surface area (Å²) in [5.74, 6) is 0. The zero-order chi connectivity index (χ0) is 14.5. The molecule has 1 unspecified atom stereocenters. The molecule has 0 saturated carbocycles. The van der Waals surface area contributed by atoms with Gasteiger partial charge in [-0.25, -0.2) is 4.68 Å². The van der Waals surface area contributed by atoms with Gasteiger partial charge in [-0.3, -0.25) is 0 Å². The molecule has 0 radical (unpaired) electrons. The lowest BCUT2D eigenvalue weighted by Gasteiger charge is -2.15. The van der Waals surface area contributed by atoms with Crippen molar-refractivity contribution < 1.29 is 0 Å². The molecule has 0 spiro atoms. The number of rotatable bonds is 6. The van der Waals surface area contributed by atoms with Crippen molar-refractivity contribution in [1.29, 1.82) is 0 Å². The van der Waals surface area contributed by atoms with E-state index in [0.717, 1.165) is 18.7 Å². The van der Waals surface area contributed by atoms with Crippen LogP contribution in [0.1, 0.15) is 24.1 Å². The first-order chi connectivity index (χ1) is 10.4. The van der Waals surface area contributed by atoms with E-state index in [9.17, 15) is 0 Å². The van der Waals surface area contributed by atoms with Gasteiger partial charge < -0.3 is 5.32 Å². The predicted octanol–water partition coefficient (Wildman–Crippen LogP) is 3.83. The number of hydrogen-bond acceptors (Lipinski definition) is 3. The van der Waals surface area contributed by atoms with Crippen molar-refractivity contribution in [3.63, 3.8) is 0 Å². The minimum Gasteiger partial charge on any atom is -0.310 e. The van der Waals surface area contributed by atoms with E-state index in [0.29, 0.717) is 6.04 Å². The zero-order valence-corrected chi connectivity index (χ0v) is 12.9. The van der Waals surface area contributed by atoms with E-state index in [4.69, 9.17) is 0 Å². The van der Waals surface area contributed by atoms with Gasteiger partial charge in [-0.05, 0) is 47.5 Å². The monoisotopic (exact) mass is 297 g/mol. The summed E-state index contributed by atoms with van der Waals surface area (Å²) in [6.45, 7) is 3.09. The number of aromatic nitrogens is 2. The van der Waals surface area contributed by atoms with Crippen molar-refractivity contribution in [1.82, 2.24) is 15.1 Å². The van der Waals surface area contributed by atoms with Crippen LogP contribution in [0.25, 0.3) is 5.69 Å². The van der Waals surface area contributed by atoms with Gasteiger partial charge in [0, 0.05) is 17.8 Å². The smallest absolute Gasteiger partial charge is 0.0645 e. The number of thiophene rings is 1. The minimum absolute atomic E-state index is 0.307. The van der Waals surface area contributed by atoms with Crippen LogP contribution in [0, 0.1) is 0 Å². The molecule has 0 aliphatic rings. The van der Waals surface area contributed by atoms with E-state index in [1.54, 1.807) is 11.3 Å². The highest BCUT2D eigenvalue weighted by Gasteiger charge is 2.14. The van der Waals surface area contributed by atoms with Crippen LogP contribution in [-0.4, -0.2) is 16.3 Å². The standard InChI is InChI=1S/C17H19N3S/c1-2-18-17(10-14-8-9-21-13-14)15-11-19-20(12-15)16-6-4-3-5-7-16/h3-9,11-13,17-18H,2,10H2,1H3. The van der Waals surface area contributed by atoms with Crippen LogP contribution in [-0.2, 0) is 6.42 Å². The fourth-order valence-electron chi connectivity index (χ4n) is 2.44. The second-order valence-corrected chi connectivity index (χ2v) is 5.78. The van der Waals surface area contributed by atoms with Gasteiger partial charge in [-0.2, -0.15) is 16.4 Å². The third-order valence-electron chi connectivity index (χ3n) is 3.50. The summed E-state index contributed by atoms with van der Waals surface area (Å²) in [4.78, 5) is 0. The maximum Gasteiger partial charge on any atom is 0.0645 e. The average Bonchev–Trinajstić information content (AvgIpc) is 3.19. The number of nitrogens with one attached hydrogen (secondary N) is 1. The van der Waals surface area contributed by atoms with Crippen molar-refractivity contribution in [3.05, 3.63) is 70.7 Å². The summed E-state index contributed by atoms with van der Waals surface area (Å²) < 4.78 is 1.94. The zero-order valence-electron chi connectivity index (χ0n) is 12.1. The Kier molecular flexibility index (Phi) is 4.48. The van der Waals surface area contributed by atoms with Crippen LogP contribution in [0.3, 0.4) is 0 Å². The Bertz CT molecular complexity index is 658. The molecule has 0 aliphatic heterocycles. The Balaban J connectivity index is 1.81. The van der Waals surface area contributed by atoms with E-state index in [-0.39, 0.29) is 0 Å². The highest BCUT2D eigenvalue weighted by Crippen LogP contribution is 2.20. The van der Waals surface area contributed by atoms with Gasteiger partial charge in [0.15, 0.2) is 0 Å². The molecule has 2 aromatic heterocycles. The van der Waals surface area contributed by atoms with Crippen molar-refractivity contribution in [2.24, 2.45) is 0 Å². The van der Waals surface area contributed by atoms with Gasteiger partial charge in [0.1, 0.15) is 0 Å². The van der Waals surface area contributed by atoms with E-state index in [2.05, 4.69) is 52.5 Å². The molecule has 3 nitrogen and oxygen atoms in total. The summed E-state index contributed by atoms with van der Waals surface area (Å²) in [6, 6.07) is 12.7. The quantitative estimate of drug-likeness (QED) is 0.749. The molecule has 0 saturated heterocycles. The Morgan fingerprint density at radius 2 is 2.10 bits per heavy atom. The SMILES string of the molecule is CCNC(Cc1ccsc1)c1cnn(-c2ccccc2)c1. The van der Waals surface area contributed by atoms with Crippen LogP contribution >= 0.6 is 11.3 Å². The Morgan fingerprint density at radius 3 is 2.81 bits per heavy atom. The van der Waals surface area contributed by atoms with Crippen molar-refractivity contribution in [2.75, 3.05) is 6.54 Å². The molecule has 1 atom stereocenters. The molecule has 1 aromatic carbocycles. The number of likely N-dealkylation sites (N-methyl/N-ethyl adjacent to an activating group) is 1. The lowest BCUT2D eigenvalue weighted by Crippen LogP contribution is -2.22. The van der Waals surface area contributed by atoms with Crippen molar-refractivity contribution in [3.8, 4) is 5.69 Å². The molecule has 1 N–H and O–H groups in total. The van der Waals surface area contributed by atoms with Crippen LogP contribution in [0.15, 0.2) is 59.6 Å². The van der Waals surface area contributed by atoms with E-state index < -0.39 is 0 Å². The summed E-state index contributed by atoms with van der Waals surface area (Å²) in [7, 11) is 0. The van der Waals surface area contributed by atoms with E-state index in [1.807, 2.05) is 29.1 Å². The molecule has 108 valence electrons. The second-order valence-electron chi connectivity index (χ2n) is 5.00. The van der Waals surface area contributed by atoms with Gasteiger partial charge >= 0.3 is 0 Å². The first kappa shape index (κ1) is 14.0. The Labute approximate surface area is 129 Å². The normalized spacial score (nSPS) is 12.4. The third-order valence-corrected chi connectivity index (χ3v) is 4.23. The van der Waals surface area contributed by atoms with Gasteiger partial charge in [-0.1, -0.05) is 25.1 Å². The fourth-order valence-corrected chi connectivity index (χ4v) is 3.12. The van der Waals surface area contributed by atoms with E-state index in [1.165, 1.54) is 11.1 Å². The minimum atomic E-state index is 0.307. The predicted molar refractivity (Wildman–Crippen MR) is 88.0 cm³/mol. The molecule has 0 bridgehead atoms. The molecule has 21 heavy (non-hydrogen) atoms. The summed E-state index contributed by atoms with van der Waals surface area (Å²) in [5.41, 5.74) is 3.69. The first-order valence-electron chi connectivity index (χ1n) is 7.21. The van der Waals surface area contributed by atoms with Crippen LogP contribution in [0.2, 0.25) is 0 Å². The Hall–Kier alpha value is -1.91. The second kappa shape index (κ2) is 6.70. The first-order valence-corrected chi connectivity index (χ1v) is 8.15. The van der Waals surface area contributed by atoms with Crippen molar-refractivity contribution in [2.45, 2.75) is 19.4 Å². The molecule has 4 heteroatoms. The lowest BCUT2D eigenvalue weighted by atomic mass is 10.0. The number of hydrogen-bond donors (Lipinski definition) is 1. The molecule has 0 fully saturated rings. The maximum atomic E-state index is 4.50. The van der Waals surface area contributed by atoms with E-state index >= 15 is 0 Å².